The van der Waals surface area contributed by atoms with Crippen LogP contribution < -0.4 is 0 Å². The summed E-state index contributed by atoms with van der Waals surface area (Å²) in [5.74, 6) is -0.621. The van der Waals surface area contributed by atoms with Crippen LogP contribution in [0.4, 0.5) is 0 Å². The summed E-state index contributed by atoms with van der Waals surface area (Å²) in [7, 11) is 0. The van der Waals surface area contributed by atoms with Gasteiger partial charge in [0.25, 0.3) is 0 Å². The maximum atomic E-state index is 11.3. The van der Waals surface area contributed by atoms with Gasteiger partial charge in [-0.2, -0.15) is 5.10 Å². The predicted octanol–water partition coefficient (Wildman–Crippen LogP) is 4.58. The van der Waals surface area contributed by atoms with Crippen molar-refractivity contribution in [3.05, 3.63) is 47.6 Å². The van der Waals surface area contributed by atoms with Crippen LogP contribution in [0.5, 0.6) is 0 Å². The number of carboxylic acids is 1. The molecule has 0 spiro atoms. The molecule has 3 heterocycles. The van der Waals surface area contributed by atoms with Crippen molar-refractivity contribution in [2.45, 2.75) is 52.0 Å². The smallest absolute Gasteiger partial charge is 0.328 e. The van der Waals surface area contributed by atoms with Gasteiger partial charge in [0.2, 0.25) is 0 Å². The van der Waals surface area contributed by atoms with Gasteiger partial charge in [-0.1, -0.05) is 12.8 Å². The maximum Gasteiger partial charge on any atom is 0.328 e. The number of carbonyl (C=O) groups is 1. The molecular weight excluding hydrogens is 352 g/mol. The Hall–Kier alpha value is -3.02. The average molecular weight is 376 g/mol. The second kappa shape index (κ2) is 7.54. The highest BCUT2D eigenvalue weighted by atomic mass is 16.4. The molecule has 1 aliphatic rings. The van der Waals surface area contributed by atoms with Crippen LogP contribution in [0.25, 0.3) is 28.2 Å². The number of hydrogen-bond acceptors (Lipinski definition) is 4. The van der Waals surface area contributed by atoms with E-state index >= 15 is 0 Å². The molecule has 0 unspecified atom stereocenters. The molecule has 0 bridgehead atoms. The first kappa shape index (κ1) is 18.3. The van der Waals surface area contributed by atoms with E-state index in [0.717, 1.165) is 58.4 Å². The van der Waals surface area contributed by atoms with Gasteiger partial charge in [-0.3, -0.25) is 4.98 Å². The van der Waals surface area contributed by atoms with Crippen molar-refractivity contribution in [2.75, 3.05) is 0 Å². The van der Waals surface area contributed by atoms with E-state index in [9.17, 15) is 9.90 Å². The quantitative estimate of drug-likeness (QED) is 0.659. The molecule has 1 saturated carbocycles. The highest BCUT2D eigenvalue weighted by molar-refractivity contribution is 5.99. The Morgan fingerprint density at radius 1 is 1.29 bits per heavy atom. The minimum atomic E-state index is -0.963. The summed E-state index contributed by atoms with van der Waals surface area (Å²) in [5, 5.41) is 14.7. The van der Waals surface area contributed by atoms with E-state index in [1.807, 2.05) is 30.2 Å². The molecule has 0 saturated heterocycles. The fraction of sp³-hybridized carbons (Fsp3) is 0.364. The van der Waals surface area contributed by atoms with Gasteiger partial charge in [0, 0.05) is 53.0 Å². The van der Waals surface area contributed by atoms with E-state index in [1.165, 1.54) is 18.9 Å². The van der Waals surface area contributed by atoms with Crippen LogP contribution in [0.15, 0.2) is 30.7 Å². The van der Waals surface area contributed by atoms with Crippen molar-refractivity contribution in [3.8, 4) is 11.1 Å². The Morgan fingerprint density at radius 3 is 2.75 bits per heavy atom. The molecule has 28 heavy (non-hydrogen) atoms. The average Bonchev–Trinajstić information content (AvgIpc) is 3.34. The molecule has 6 nitrogen and oxygen atoms in total. The molecule has 0 radical (unpaired) electrons. The van der Waals surface area contributed by atoms with Crippen LogP contribution in [0.3, 0.4) is 0 Å². The summed E-state index contributed by atoms with van der Waals surface area (Å²) in [6.07, 6.45) is 12.9. The lowest BCUT2D eigenvalue weighted by Gasteiger charge is -2.18. The van der Waals surface area contributed by atoms with E-state index in [1.54, 1.807) is 6.08 Å². The van der Waals surface area contributed by atoms with Crippen LogP contribution in [-0.4, -0.2) is 30.8 Å². The lowest BCUT2D eigenvalue weighted by Crippen LogP contribution is -2.06. The molecule has 0 aliphatic heterocycles. The van der Waals surface area contributed by atoms with Crippen LogP contribution in [0.1, 0.15) is 55.3 Å². The number of aryl methyl sites for hydroxylation is 2. The van der Waals surface area contributed by atoms with Crippen LogP contribution in [0, 0.1) is 6.92 Å². The molecule has 1 aliphatic carbocycles. The SMILES string of the molecule is CCn1ncc2c(-c3cncc(C)c3)c(/C=C/C(=O)O)c(C3CCCC3)nc21. The molecule has 0 atom stereocenters. The van der Waals surface area contributed by atoms with Gasteiger partial charge in [0.05, 0.1) is 11.9 Å². The van der Waals surface area contributed by atoms with Crippen molar-refractivity contribution in [1.29, 1.82) is 0 Å². The summed E-state index contributed by atoms with van der Waals surface area (Å²) in [4.78, 5) is 20.7. The first-order valence-corrected chi connectivity index (χ1v) is 9.81. The van der Waals surface area contributed by atoms with Gasteiger partial charge < -0.3 is 5.11 Å². The molecule has 0 amide bonds. The highest BCUT2D eigenvalue weighted by Gasteiger charge is 2.26. The lowest BCUT2D eigenvalue weighted by atomic mass is 9.90. The third-order valence-electron chi connectivity index (χ3n) is 5.45. The van der Waals surface area contributed by atoms with Gasteiger partial charge in [-0.05, 0) is 44.4 Å². The molecule has 3 aromatic rings. The van der Waals surface area contributed by atoms with E-state index < -0.39 is 5.97 Å². The van der Waals surface area contributed by atoms with Crippen LogP contribution >= 0.6 is 0 Å². The van der Waals surface area contributed by atoms with E-state index in [0.29, 0.717) is 5.92 Å². The van der Waals surface area contributed by atoms with Crippen LogP contribution in [-0.2, 0) is 11.3 Å². The molecule has 3 aromatic heterocycles. The minimum absolute atomic E-state index is 0.342. The summed E-state index contributed by atoms with van der Waals surface area (Å²) in [5.41, 5.74) is 5.71. The largest absolute Gasteiger partial charge is 0.478 e. The number of rotatable bonds is 5. The molecule has 6 heteroatoms. The van der Waals surface area contributed by atoms with E-state index in [4.69, 9.17) is 4.98 Å². The van der Waals surface area contributed by atoms with Crippen molar-refractivity contribution in [2.24, 2.45) is 0 Å². The fourth-order valence-corrected chi connectivity index (χ4v) is 4.19. The van der Waals surface area contributed by atoms with Gasteiger partial charge in [0.15, 0.2) is 5.65 Å². The van der Waals surface area contributed by atoms with Gasteiger partial charge in [-0.25, -0.2) is 14.5 Å². The lowest BCUT2D eigenvalue weighted by molar-refractivity contribution is -0.131. The first-order chi connectivity index (χ1) is 13.6. The zero-order chi connectivity index (χ0) is 19.7. The number of nitrogens with zero attached hydrogens (tertiary/aromatic N) is 4. The molecule has 1 N–H and O–H groups in total. The van der Waals surface area contributed by atoms with Gasteiger partial charge >= 0.3 is 5.97 Å². The number of fused-ring (bicyclic) bond motifs is 1. The number of aromatic nitrogens is 4. The third-order valence-corrected chi connectivity index (χ3v) is 5.45. The second-order valence-corrected chi connectivity index (χ2v) is 7.39. The zero-order valence-corrected chi connectivity index (χ0v) is 16.2. The Labute approximate surface area is 163 Å². The predicted molar refractivity (Wildman–Crippen MR) is 109 cm³/mol. The molecule has 144 valence electrons. The summed E-state index contributed by atoms with van der Waals surface area (Å²) in [6.45, 7) is 4.79. The van der Waals surface area contributed by atoms with E-state index in [2.05, 4.69) is 23.1 Å². The first-order valence-electron chi connectivity index (χ1n) is 9.81. The number of carboxylic acid groups (broad SMARTS) is 1. The fourth-order valence-electron chi connectivity index (χ4n) is 4.19. The third kappa shape index (κ3) is 3.30. The minimum Gasteiger partial charge on any atom is -0.478 e. The maximum absolute atomic E-state index is 11.3. The van der Waals surface area contributed by atoms with Crippen molar-refractivity contribution < 1.29 is 9.90 Å². The molecule has 0 aromatic carbocycles. The highest BCUT2D eigenvalue weighted by Crippen LogP contribution is 2.41. The number of pyridine rings is 2. The second-order valence-electron chi connectivity index (χ2n) is 7.39. The Bertz CT molecular complexity index is 1060. The van der Waals surface area contributed by atoms with Crippen molar-refractivity contribution >= 4 is 23.1 Å². The molecular formula is C22H24N4O2. The zero-order valence-electron chi connectivity index (χ0n) is 16.2. The Morgan fingerprint density at radius 2 is 2.07 bits per heavy atom. The molecule has 4 rings (SSSR count). The number of aliphatic carboxylic acids is 1. The summed E-state index contributed by atoms with van der Waals surface area (Å²) in [6, 6.07) is 2.08. The topological polar surface area (TPSA) is 80.9 Å². The van der Waals surface area contributed by atoms with E-state index in [-0.39, 0.29) is 0 Å². The van der Waals surface area contributed by atoms with Gasteiger partial charge in [0.1, 0.15) is 0 Å². The Balaban J connectivity index is 2.08. The normalized spacial score (nSPS) is 15.1. The van der Waals surface area contributed by atoms with Crippen LogP contribution in [0.2, 0.25) is 0 Å². The summed E-state index contributed by atoms with van der Waals surface area (Å²) < 4.78 is 1.91. The summed E-state index contributed by atoms with van der Waals surface area (Å²) >= 11 is 0. The monoisotopic (exact) mass is 376 g/mol. The van der Waals surface area contributed by atoms with Crippen molar-refractivity contribution in [3.63, 3.8) is 0 Å². The standard InChI is InChI=1S/C22H24N4O2/c1-3-26-22-18(13-24-26)20(16-10-14(2)11-23-12-16)17(8-9-19(27)28)21(25-22)15-6-4-5-7-15/h8-13,15H,3-7H2,1-2H3,(H,27,28)/b9-8+. The van der Waals surface area contributed by atoms with Crippen molar-refractivity contribution in [1.82, 2.24) is 19.7 Å². The number of hydrogen-bond donors (Lipinski definition) is 1. The molecule has 1 fully saturated rings. The Kier molecular flexibility index (Phi) is 4.94. The van der Waals surface area contributed by atoms with Gasteiger partial charge in [-0.15, -0.1) is 0 Å².